The maximum absolute atomic E-state index is 12.1. The number of hydrogen-bond acceptors (Lipinski definition) is 4. The van der Waals surface area contributed by atoms with Crippen LogP contribution in [0.15, 0.2) is 40.9 Å². The summed E-state index contributed by atoms with van der Waals surface area (Å²) in [5.41, 5.74) is 2.73. The van der Waals surface area contributed by atoms with Crippen LogP contribution in [0.25, 0.3) is 0 Å². The third kappa shape index (κ3) is 4.58. The third-order valence-electron chi connectivity index (χ3n) is 3.35. The zero-order chi connectivity index (χ0) is 17.7. The quantitative estimate of drug-likeness (QED) is 0.785. The van der Waals surface area contributed by atoms with E-state index in [0.29, 0.717) is 15.9 Å². The molecule has 0 aliphatic heterocycles. The fourth-order valence-corrected chi connectivity index (χ4v) is 2.56. The Hall–Kier alpha value is -2.34. The lowest BCUT2D eigenvalue weighted by atomic mass is 10.1. The molecule has 0 spiro atoms. The molecule has 2 aromatic carbocycles. The van der Waals surface area contributed by atoms with Crippen molar-refractivity contribution in [2.24, 2.45) is 0 Å². The molecule has 0 saturated carbocycles. The Labute approximate surface area is 149 Å². The third-order valence-corrected chi connectivity index (χ3v) is 3.84. The van der Waals surface area contributed by atoms with Crippen LogP contribution in [0.2, 0.25) is 0 Å². The van der Waals surface area contributed by atoms with Gasteiger partial charge in [0.05, 0.1) is 18.4 Å². The summed E-state index contributed by atoms with van der Waals surface area (Å²) in [5, 5.41) is 2.67. The van der Waals surface area contributed by atoms with Crippen molar-refractivity contribution in [3.63, 3.8) is 0 Å². The molecule has 0 saturated heterocycles. The van der Waals surface area contributed by atoms with Gasteiger partial charge in [-0.2, -0.15) is 0 Å². The lowest BCUT2D eigenvalue weighted by molar-refractivity contribution is -0.118. The number of nitrogens with one attached hydrogen (secondary N) is 1. The van der Waals surface area contributed by atoms with Crippen LogP contribution in [0.3, 0.4) is 0 Å². The molecule has 1 amide bonds. The summed E-state index contributed by atoms with van der Waals surface area (Å²) in [7, 11) is 1.29. The fraction of sp³-hybridized carbons (Fsp3) is 0.222. The predicted octanol–water partition coefficient (Wildman–Crippen LogP) is 3.87. The molecule has 0 radical (unpaired) electrons. The minimum atomic E-state index is -0.526. The molecular weight excluding hydrogens is 374 g/mol. The lowest BCUT2D eigenvalue weighted by Gasteiger charge is -2.12. The van der Waals surface area contributed by atoms with Crippen LogP contribution < -0.4 is 10.1 Å². The van der Waals surface area contributed by atoms with E-state index in [9.17, 15) is 9.59 Å². The van der Waals surface area contributed by atoms with Crippen LogP contribution in [0.5, 0.6) is 5.75 Å². The van der Waals surface area contributed by atoms with Gasteiger partial charge in [-0.1, -0.05) is 33.6 Å². The van der Waals surface area contributed by atoms with Crippen molar-refractivity contribution in [2.45, 2.75) is 13.8 Å². The molecule has 126 valence electrons. The highest BCUT2D eigenvalue weighted by molar-refractivity contribution is 9.10. The van der Waals surface area contributed by atoms with Crippen molar-refractivity contribution in [2.75, 3.05) is 19.0 Å². The van der Waals surface area contributed by atoms with Crippen LogP contribution in [0.1, 0.15) is 21.5 Å². The summed E-state index contributed by atoms with van der Waals surface area (Å²) in [6, 6.07) is 10.7. The molecule has 0 bridgehead atoms. The Morgan fingerprint density at radius 1 is 1.12 bits per heavy atom. The number of benzene rings is 2. The van der Waals surface area contributed by atoms with Crippen molar-refractivity contribution in [3.05, 3.63) is 57.6 Å². The van der Waals surface area contributed by atoms with Crippen LogP contribution in [0.4, 0.5) is 5.69 Å². The van der Waals surface area contributed by atoms with Crippen LogP contribution in [-0.2, 0) is 9.53 Å². The van der Waals surface area contributed by atoms with Gasteiger partial charge < -0.3 is 14.8 Å². The van der Waals surface area contributed by atoms with Crippen molar-refractivity contribution < 1.29 is 19.1 Å². The van der Waals surface area contributed by atoms with Crippen molar-refractivity contribution in [1.29, 1.82) is 0 Å². The largest absolute Gasteiger partial charge is 0.483 e. The molecule has 1 N–H and O–H groups in total. The Balaban J connectivity index is 2.06. The second-order valence-corrected chi connectivity index (χ2v) is 6.20. The first-order valence-corrected chi connectivity index (χ1v) is 8.08. The lowest BCUT2D eigenvalue weighted by Crippen LogP contribution is -2.22. The Morgan fingerprint density at radius 2 is 1.88 bits per heavy atom. The van der Waals surface area contributed by atoms with Crippen LogP contribution in [0, 0.1) is 13.8 Å². The van der Waals surface area contributed by atoms with Crippen molar-refractivity contribution in [3.8, 4) is 5.75 Å². The highest BCUT2D eigenvalue weighted by Gasteiger charge is 2.15. The smallest absolute Gasteiger partial charge is 0.340 e. The molecule has 24 heavy (non-hydrogen) atoms. The second-order valence-electron chi connectivity index (χ2n) is 5.29. The topological polar surface area (TPSA) is 64.6 Å². The number of carbonyl (C=O) groups is 2. The van der Waals surface area contributed by atoms with Gasteiger partial charge in [0, 0.05) is 4.47 Å². The molecule has 0 aliphatic carbocycles. The number of hydrogen-bond donors (Lipinski definition) is 1. The number of methoxy groups -OCH3 is 1. The van der Waals surface area contributed by atoms with E-state index in [4.69, 9.17) is 9.47 Å². The highest BCUT2D eigenvalue weighted by atomic mass is 79.9. The maximum Gasteiger partial charge on any atom is 0.340 e. The van der Waals surface area contributed by atoms with E-state index in [2.05, 4.69) is 21.2 Å². The summed E-state index contributed by atoms with van der Waals surface area (Å²) >= 11 is 3.29. The summed E-state index contributed by atoms with van der Waals surface area (Å²) in [4.78, 5) is 23.9. The summed E-state index contributed by atoms with van der Waals surface area (Å²) in [6.45, 7) is 3.76. The Morgan fingerprint density at radius 3 is 2.54 bits per heavy atom. The summed E-state index contributed by atoms with van der Waals surface area (Å²) < 4.78 is 11.0. The first kappa shape index (κ1) is 18.0. The molecule has 6 heteroatoms. The molecule has 0 unspecified atom stereocenters. The number of aryl methyl sites for hydroxylation is 2. The molecule has 2 rings (SSSR count). The Bertz CT molecular complexity index is 774. The molecule has 0 aliphatic rings. The van der Waals surface area contributed by atoms with Gasteiger partial charge in [0.2, 0.25) is 0 Å². The number of amides is 1. The highest BCUT2D eigenvalue weighted by Crippen LogP contribution is 2.22. The van der Waals surface area contributed by atoms with E-state index in [0.717, 1.165) is 11.1 Å². The Kier molecular flexibility index (Phi) is 5.98. The zero-order valence-corrected chi connectivity index (χ0v) is 15.3. The molecule has 2 aromatic rings. The van der Waals surface area contributed by atoms with Gasteiger partial charge >= 0.3 is 5.97 Å². The molecule has 0 heterocycles. The number of rotatable bonds is 5. The van der Waals surface area contributed by atoms with E-state index in [1.165, 1.54) is 7.11 Å². The predicted molar refractivity (Wildman–Crippen MR) is 95.5 cm³/mol. The maximum atomic E-state index is 12.1. The molecule has 0 fully saturated rings. The van der Waals surface area contributed by atoms with E-state index in [-0.39, 0.29) is 18.1 Å². The average molecular weight is 392 g/mol. The van der Waals surface area contributed by atoms with Gasteiger partial charge in [0.25, 0.3) is 5.91 Å². The molecule has 5 nitrogen and oxygen atoms in total. The number of ether oxygens (including phenoxy) is 2. The van der Waals surface area contributed by atoms with Gasteiger partial charge in [-0.15, -0.1) is 0 Å². The first-order valence-electron chi connectivity index (χ1n) is 7.28. The number of carbonyl (C=O) groups excluding carboxylic acids is 2. The normalized spacial score (nSPS) is 10.2. The van der Waals surface area contributed by atoms with Gasteiger partial charge in [-0.3, -0.25) is 4.79 Å². The van der Waals surface area contributed by atoms with Gasteiger partial charge in [-0.05, 0) is 43.7 Å². The van der Waals surface area contributed by atoms with Crippen molar-refractivity contribution in [1.82, 2.24) is 0 Å². The van der Waals surface area contributed by atoms with E-state index in [1.807, 2.05) is 32.0 Å². The fourth-order valence-electron chi connectivity index (χ4n) is 2.20. The zero-order valence-electron chi connectivity index (χ0n) is 13.7. The molecule has 0 aromatic heterocycles. The number of halogens is 1. The molecule has 0 atom stereocenters. The van der Waals surface area contributed by atoms with Crippen LogP contribution in [-0.4, -0.2) is 25.6 Å². The number of esters is 1. The van der Waals surface area contributed by atoms with E-state index >= 15 is 0 Å². The van der Waals surface area contributed by atoms with E-state index < -0.39 is 5.97 Å². The van der Waals surface area contributed by atoms with Gasteiger partial charge in [0.15, 0.2) is 6.61 Å². The first-order chi connectivity index (χ1) is 11.4. The SMILES string of the molecule is COC(=O)c1cc(Br)ccc1NC(=O)COc1ccc(C)cc1C. The van der Waals surface area contributed by atoms with Crippen LogP contribution >= 0.6 is 15.9 Å². The minimum absolute atomic E-state index is 0.152. The average Bonchev–Trinajstić information content (AvgIpc) is 2.55. The standard InChI is InChI=1S/C18H18BrNO4/c1-11-4-7-16(12(2)8-11)24-10-17(21)20-15-6-5-13(19)9-14(15)18(22)23-3/h4-9H,10H2,1-3H3,(H,20,21). The van der Waals surface area contributed by atoms with Gasteiger partial charge in [-0.25, -0.2) is 4.79 Å². The summed E-state index contributed by atoms with van der Waals surface area (Å²) in [5.74, 6) is -0.232. The second kappa shape index (κ2) is 7.97. The summed E-state index contributed by atoms with van der Waals surface area (Å²) in [6.07, 6.45) is 0. The molecular formula is C18H18BrNO4. The minimum Gasteiger partial charge on any atom is -0.483 e. The number of anilines is 1. The van der Waals surface area contributed by atoms with Gasteiger partial charge in [0.1, 0.15) is 5.75 Å². The monoisotopic (exact) mass is 391 g/mol. The van der Waals surface area contributed by atoms with E-state index in [1.54, 1.807) is 18.2 Å². The van der Waals surface area contributed by atoms with Crippen molar-refractivity contribution >= 4 is 33.5 Å².